The Hall–Kier alpha value is -2.53. The van der Waals surface area contributed by atoms with E-state index in [2.05, 4.69) is 5.32 Å². The van der Waals surface area contributed by atoms with E-state index in [1.165, 1.54) is 0 Å². The second-order valence-corrected chi connectivity index (χ2v) is 5.20. The highest BCUT2D eigenvalue weighted by Gasteiger charge is 2.21. The Morgan fingerprint density at radius 2 is 2.00 bits per heavy atom. The van der Waals surface area contributed by atoms with E-state index in [4.69, 9.17) is 9.47 Å². The van der Waals surface area contributed by atoms with Gasteiger partial charge in [-0.2, -0.15) is 0 Å². The van der Waals surface area contributed by atoms with E-state index in [1.54, 1.807) is 0 Å². The molecule has 114 valence electrons. The largest absolute Gasteiger partial charge is 0.480 e. The number of rotatable bonds is 5. The number of aliphatic carboxylic acids is 1. The van der Waals surface area contributed by atoms with Crippen LogP contribution in [-0.2, 0) is 11.3 Å². The number of hydrogen-bond acceptors (Lipinski definition) is 4. The van der Waals surface area contributed by atoms with Crippen molar-refractivity contribution in [3.8, 4) is 11.5 Å². The second kappa shape index (κ2) is 6.07. The van der Waals surface area contributed by atoms with Crippen LogP contribution in [0, 0.1) is 6.92 Å². The summed E-state index contributed by atoms with van der Waals surface area (Å²) in [4.78, 5) is 11.6. The summed E-state index contributed by atoms with van der Waals surface area (Å²) in [5.41, 5.74) is 2.67. The van der Waals surface area contributed by atoms with Crippen LogP contribution in [0.2, 0.25) is 0 Å². The Balaban J connectivity index is 1.75. The fourth-order valence-corrected chi connectivity index (χ4v) is 2.51. The second-order valence-electron chi connectivity index (χ2n) is 5.20. The van der Waals surface area contributed by atoms with Gasteiger partial charge in [0.05, 0.1) is 0 Å². The zero-order valence-corrected chi connectivity index (χ0v) is 12.2. The lowest BCUT2D eigenvalue weighted by atomic mass is 10.0. The van der Waals surface area contributed by atoms with Gasteiger partial charge in [0.2, 0.25) is 6.79 Å². The average Bonchev–Trinajstić information content (AvgIpc) is 2.96. The monoisotopic (exact) mass is 299 g/mol. The number of ether oxygens (including phenoxy) is 2. The molecule has 0 bridgehead atoms. The SMILES string of the molecule is Cc1ccccc1C(NCc1ccc2c(c1)OCO2)C(=O)O. The molecular weight excluding hydrogens is 282 g/mol. The molecule has 3 rings (SSSR count). The third kappa shape index (κ3) is 2.89. The molecule has 5 nitrogen and oxygen atoms in total. The fourth-order valence-electron chi connectivity index (χ4n) is 2.51. The van der Waals surface area contributed by atoms with Crippen LogP contribution < -0.4 is 14.8 Å². The van der Waals surface area contributed by atoms with Crippen LogP contribution in [0.4, 0.5) is 0 Å². The van der Waals surface area contributed by atoms with Crippen LogP contribution in [0.1, 0.15) is 22.7 Å². The van der Waals surface area contributed by atoms with Gasteiger partial charge in [0.1, 0.15) is 6.04 Å². The normalized spacial score (nSPS) is 13.9. The summed E-state index contributed by atoms with van der Waals surface area (Å²) in [5.74, 6) is 0.523. The molecule has 2 aromatic carbocycles. The van der Waals surface area contributed by atoms with E-state index in [0.717, 1.165) is 22.4 Å². The molecule has 1 atom stereocenters. The Kier molecular flexibility index (Phi) is 3.98. The molecule has 0 spiro atoms. The molecule has 22 heavy (non-hydrogen) atoms. The molecule has 0 saturated heterocycles. The zero-order chi connectivity index (χ0) is 15.5. The van der Waals surface area contributed by atoms with Crippen LogP contribution in [0.25, 0.3) is 0 Å². The van der Waals surface area contributed by atoms with Crippen molar-refractivity contribution in [2.24, 2.45) is 0 Å². The molecule has 0 saturated carbocycles. The summed E-state index contributed by atoms with van der Waals surface area (Å²) in [6.07, 6.45) is 0. The zero-order valence-electron chi connectivity index (χ0n) is 12.2. The summed E-state index contributed by atoms with van der Waals surface area (Å²) in [7, 11) is 0. The van der Waals surface area contributed by atoms with Gasteiger partial charge in [-0.1, -0.05) is 30.3 Å². The van der Waals surface area contributed by atoms with Crippen LogP contribution >= 0.6 is 0 Å². The number of carboxylic acid groups (broad SMARTS) is 1. The van der Waals surface area contributed by atoms with Crippen LogP contribution in [0.3, 0.4) is 0 Å². The molecule has 0 radical (unpaired) electrons. The molecule has 0 fully saturated rings. The first-order chi connectivity index (χ1) is 10.6. The lowest BCUT2D eigenvalue weighted by Gasteiger charge is -2.17. The predicted octanol–water partition coefficient (Wildman–Crippen LogP) is 2.64. The summed E-state index contributed by atoms with van der Waals surface area (Å²) < 4.78 is 10.6. The van der Waals surface area contributed by atoms with Gasteiger partial charge in [0, 0.05) is 6.54 Å². The van der Waals surface area contributed by atoms with Crippen LogP contribution in [0.15, 0.2) is 42.5 Å². The highest BCUT2D eigenvalue weighted by Crippen LogP contribution is 2.32. The van der Waals surface area contributed by atoms with Gasteiger partial charge in [-0.25, -0.2) is 0 Å². The molecule has 0 aromatic heterocycles. The first-order valence-corrected chi connectivity index (χ1v) is 7.05. The molecule has 0 aliphatic carbocycles. The third-order valence-corrected chi connectivity index (χ3v) is 3.69. The van der Waals surface area contributed by atoms with Crippen molar-refractivity contribution in [1.82, 2.24) is 5.32 Å². The van der Waals surface area contributed by atoms with Crippen molar-refractivity contribution in [2.75, 3.05) is 6.79 Å². The third-order valence-electron chi connectivity index (χ3n) is 3.69. The van der Waals surface area contributed by atoms with Crippen molar-refractivity contribution < 1.29 is 19.4 Å². The number of carboxylic acids is 1. The summed E-state index contributed by atoms with van der Waals surface area (Å²) in [6, 6.07) is 12.4. The van der Waals surface area contributed by atoms with E-state index in [-0.39, 0.29) is 6.79 Å². The Labute approximate surface area is 128 Å². The van der Waals surface area contributed by atoms with Crippen LogP contribution in [0.5, 0.6) is 11.5 Å². The maximum atomic E-state index is 11.6. The first kappa shape index (κ1) is 14.4. The standard InChI is InChI=1S/C17H17NO4/c1-11-4-2-3-5-13(11)16(17(19)20)18-9-12-6-7-14-15(8-12)22-10-21-14/h2-8,16,18H,9-10H2,1H3,(H,19,20). The summed E-state index contributed by atoms with van der Waals surface area (Å²) in [6.45, 7) is 2.57. The maximum Gasteiger partial charge on any atom is 0.325 e. The van der Waals surface area contributed by atoms with Crippen molar-refractivity contribution in [3.05, 3.63) is 59.2 Å². The highest BCUT2D eigenvalue weighted by atomic mass is 16.7. The molecule has 2 aromatic rings. The minimum atomic E-state index is -0.893. The number of benzene rings is 2. The molecular formula is C17H17NO4. The molecule has 2 N–H and O–H groups in total. The Bertz CT molecular complexity index is 699. The van der Waals surface area contributed by atoms with E-state index in [0.29, 0.717) is 12.3 Å². The molecule has 1 unspecified atom stereocenters. The molecule has 5 heteroatoms. The molecule has 0 amide bonds. The lowest BCUT2D eigenvalue weighted by Crippen LogP contribution is -2.28. The number of nitrogens with one attached hydrogen (secondary N) is 1. The van der Waals surface area contributed by atoms with Gasteiger partial charge in [-0.3, -0.25) is 10.1 Å². The van der Waals surface area contributed by atoms with E-state index in [1.807, 2.05) is 49.4 Å². The Morgan fingerprint density at radius 3 is 2.77 bits per heavy atom. The van der Waals surface area contributed by atoms with Crippen molar-refractivity contribution >= 4 is 5.97 Å². The van der Waals surface area contributed by atoms with Gasteiger partial charge in [0.15, 0.2) is 11.5 Å². The maximum absolute atomic E-state index is 11.6. The number of carbonyl (C=O) groups is 1. The van der Waals surface area contributed by atoms with Crippen LogP contribution in [-0.4, -0.2) is 17.9 Å². The molecule has 1 aliphatic heterocycles. The van der Waals surface area contributed by atoms with Gasteiger partial charge < -0.3 is 14.6 Å². The van der Waals surface area contributed by atoms with E-state index >= 15 is 0 Å². The first-order valence-electron chi connectivity index (χ1n) is 7.05. The lowest BCUT2D eigenvalue weighted by molar-refractivity contribution is -0.139. The minimum absolute atomic E-state index is 0.229. The molecule has 1 heterocycles. The van der Waals surface area contributed by atoms with E-state index in [9.17, 15) is 9.90 Å². The van der Waals surface area contributed by atoms with Crippen molar-refractivity contribution in [1.29, 1.82) is 0 Å². The highest BCUT2D eigenvalue weighted by molar-refractivity contribution is 5.76. The van der Waals surface area contributed by atoms with Crippen molar-refractivity contribution in [3.63, 3.8) is 0 Å². The predicted molar refractivity (Wildman–Crippen MR) is 81.0 cm³/mol. The fraction of sp³-hybridized carbons (Fsp3) is 0.235. The van der Waals surface area contributed by atoms with Gasteiger partial charge in [-0.15, -0.1) is 0 Å². The van der Waals surface area contributed by atoms with Crippen molar-refractivity contribution in [2.45, 2.75) is 19.5 Å². The van der Waals surface area contributed by atoms with Gasteiger partial charge in [-0.05, 0) is 35.7 Å². The number of hydrogen-bond donors (Lipinski definition) is 2. The van der Waals surface area contributed by atoms with Gasteiger partial charge in [0.25, 0.3) is 0 Å². The quantitative estimate of drug-likeness (QED) is 0.888. The van der Waals surface area contributed by atoms with E-state index < -0.39 is 12.0 Å². The summed E-state index contributed by atoms with van der Waals surface area (Å²) >= 11 is 0. The Morgan fingerprint density at radius 1 is 1.23 bits per heavy atom. The topological polar surface area (TPSA) is 67.8 Å². The smallest absolute Gasteiger partial charge is 0.325 e. The number of aryl methyl sites for hydroxylation is 1. The minimum Gasteiger partial charge on any atom is -0.480 e. The average molecular weight is 299 g/mol. The van der Waals surface area contributed by atoms with Gasteiger partial charge >= 0.3 is 5.97 Å². The molecule has 1 aliphatic rings. The number of fused-ring (bicyclic) bond motifs is 1. The summed E-state index contributed by atoms with van der Waals surface area (Å²) in [5, 5.41) is 12.6.